The normalized spacial score (nSPS) is 13.1. The van der Waals surface area contributed by atoms with Gasteiger partial charge in [0.1, 0.15) is 0 Å². The van der Waals surface area contributed by atoms with E-state index in [4.69, 9.17) is 16.7 Å². The Kier molecular flexibility index (Phi) is 5.83. The number of carbonyl (C=O) groups excluding carboxylic acids is 1. The Labute approximate surface area is 120 Å². The molecular weight excluding hydrogens is 262 g/mol. The van der Waals surface area contributed by atoms with E-state index in [1.807, 2.05) is 31.2 Å². The summed E-state index contributed by atoms with van der Waals surface area (Å²) in [5.74, 6) is 0.219. The Morgan fingerprint density at radius 2 is 1.95 bits per heavy atom. The summed E-state index contributed by atoms with van der Waals surface area (Å²) in [7, 11) is 0. The quantitative estimate of drug-likeness (QED) is 0.843. The maximum absolute atomic E-state index is 11.8. The van der Waals surface area contributed by atoms with Gasteiger partial charge in [0.05, 0.1) is 12.1 Å². The van der Waals surface area contributed by atoms with Crippen LogP contribution in [0.3, 0.4) is 0 Å². The second-order valence-corrected chi connectivity index (χ2v) is 6.17. The zero-order chi connectivity index (χ0) is 14.5. The molecule has 0 aliphatic rings. The molecule has 1 unspecified atom stereocenters. The van der Waals surface area contributed by atoms with Crippen LogP contribution in [-0.4, -0.2) is 23.2 Å². The molecule has 0 bridgehead atoms. The molecule has 0 heterocycles. The third-order valence-corrected chi connectivity index (χ3v) is 3.16. The molecule has 0 saturated carbocycles. The molecule has 0 spiro atoms. The lowest BCUT2D eigenvalue weighted by atomic mass is 9.97. The topological polar surface area (TPSA) is 49.3 Å². The smallest absolute Gasteiger partial charge is 0.220 e. The van der Waals surface area contributed by atoms with E-state index in [1.165, 1.54) is 5.56 Å². The van der Waals surface area contributed by atoms with Crippen LogP contribution in [0.4, 0.5) is 0 Å². The monoisotopic (exact) mass is 283 g/mol. The molecule has 0 saturated heterocycles. The molecule has 0 aliphatic heterocycles. The first kappa shape index (κ1) is 16.0. The molecule has 19 heavy (non-hydrogen) atoms. The molecular formula is C15H22ClNO2. The first-order valence-electron chi connectivity index (χ1n) is 6.49. The summed E-state index contributed by atoms with van der Waals surface area (Å²) in [4.78, 5) is 11.8. The van der Waals surface area contributed by atoms with Crippen molar-refractivity contribution in [1.82, 2.24) is 5.32 Å². The fourth-order valence-electron chi connectivity index (χ4n) is 1.88. The summed E-state index contributed by atoms with van der Waals surface area (Å²) in [6, 6.07) is 7.68. The summed E-state index contributed by atoms with van der Waals surface area (Å²) in [5, 5.41) is 12.7. The number of nitrogens with one attached hydrogen (secondary N) is 1. The first-order chi connectivity index (χ1) is 8.82. The third kappa shape index (κ3) is 6.08. The van der Waals surface area contributed by atoms with Crippen molar-refractivity contribution in [2.75, 3.05) is 6.61 Å². The first-order valence-corrected chi connectivity index (χ1v) is 6.86. The van der Waals surface area contributed by atoms with E-state index >= 15 is 0 Å². The van der Waals surface area contributed by atoms with Gasteiger partial charge < -0.3 is 10.4 Å². The second kappa shape index (κ2) is 6.92. The van der Waals surface area contributed by atoms with Crippen molar-refractivity contribution in [3.63, 3.8) is 0 Å². The molecule has 0 radical (unpaired) electrons. The zero-order valence-corrected chi connectivity index (χ0v) is 12.5. The van der Waals surface area contributed by atoms with Crippen LogP contribution in [0.15, 0.2) is 24.3 Å². The molecule has 0 aromatic heterocycles. The van der Waals surface area contributed by atoms with Gasteiger partial charge in [-0.25, -0.2) is 0 Å². The van der Waals surface area contributed by atoms with Crippen molar-refractivity contribution >= 4 is 17.5 Å². The summed E-state index contributed by atoms with van der Waals surface area (Å²) in [6.45, 7) is 5.58. The van der Waals surface area contributed by atoms with Gasteiger partial charge in [-0.05, 0) is 43.9 Å². The van der Waals surface area contributed by atoms with Crippen molar-refractivity contribution in [2.45, 2.75) is 39.2 Å². The molecule has 3 nitrogen and oxygen atoms in total. The Hall–Kier alpha value is -1.06. The van der Waals surface area contributed by atoms with E-state index in [9.17, 15) is 4.79 Å². The molecule has 1 aromatic rings. The van der Waals surface area contributed by atoms with Crippen LogP contribution in [0.25, 0.3) is 0 Å². The molecule has 1 rings (SSSR count). The number of halogens is 1. The van der Waals surface area contributed by atoms with Crippen molar-refractivity contribution in [2.24, 2.45) is 5.92 Å². The number of rotatable bonds is 6. The number of aliphatic hydroxyl groups excluding tert-OH is 1. The number of benzene rings is 1. The van der Waals surface area contributed by atoms with Crippen molar-refractivity contribution in [3.05, 3.63) is 34.9 Å². The zero-order valence-electron chi connectivity index (χ0n) is 11.7. The van der Waals surface area contributed by atoms with Gasteiger partial charge in [-0.3, -0.25) is 4.79 Å². The molecule has 0 aliphatic carbocycles. The van der Waals surface area contributed by atoms with Gasteiger partial charge in [0.15, 0.2) is 0 Å². The SMILES string of the molecule is CC(CC(=O)NC(C)(C)CO)Cc1ccc(Cl)cc1. The van der Waals surface area contributed by atoms with Crippen LogP contribution in [-0.2, 0) is 11.2 Å². The summed E-state index contributed by atoms with van der Waals surface area (Å²) in [5.41, 5.74) is 0.614. The van der Waals surface area contributed by atoms with Crippen LogP contribution in [0.5, 0.6) is 0 Å². The highest BCUT2D eigenvalue weighted by Gasteiger charge is 2.20. The molecule has 1 aromatic carbocycles. The number of hydrogen-bond acceptors (Lipinski definition) is 2. The van der Waals surface area contributed by atoms with Crippen molar-refractivity contribution < 1.29 is 9.90 Å². The van der Waals surface area contributed by atoms with Crippen LogP contribution in [0, 0.1) is 5.92 Å². The minimum absolute atomic E-state index is 0.0273. The van der Waals surface area contributed by atoms with E-state index in [-0.39, 0.29) is 18.4 Å². The summed E-state index contributed by atoms with van der Waals surface area (Å²) in [6.07, 6.45) is 1.29. The molecule has 1 amide bonds. The fourth-order valence-corrected chi connectivity index (χ4v) is 2.01. The minimum atomic E-state index is -0.558. The summed E-state index contributed by atoms with van der Waals surface area (Å²) < 4.78 is 0. The largest absolute Gasteiger partial charge is 0.394 e. The lowest BCUT2D eigenvalue weighted by molar-refractivity contribution is -0.124. The van der Waals surface area contributed by atoms with Crippen molar-refractivity contribution in [3.8, 4) is 0 Å². The van der Waals surface area contributed by atoms with Crippen LogP contribution in [0.2, 0.25) is 5.02 Å². The highest BCUT2D eigenvalue weighted by molar-refractivity contribution is 6.30. The lowest BCUT2D eigenvalue weighted by Crippen LogP contribution is -2.46. The van der Waals surface area contributed by atoms with Crippen LogP contribution < -0.4 is 5.32 Å². The highest BCUT2D eigenvalue weighted by Crippen LogP contribution is 2.15. The van der Waals surface area contributed by atoms with E-state index in [0.717, 1.165) is 11.4 Å². The van der Waals surface area contributed by atoms with E-state index < -0.39 is 5.54 Å². The third-order valence-electron chi connectivity index (χ3n) is 2.90. The van der Waals surface area contributed by atoms with Gasteiger partial charge in [-0.15, -0.1) is 0 Å². The number of amides is 1. The molecule has 1 atom stereocenters. The average Bonchev–Trinajstić information content (AvgIpc) is 2.31. The Morgan fingerprint density at radius 1 is 1.37 bits per heavy atom. The van der Waals surface area contributed by atoms with Gasteiger partial charge in [-0.2, -0.15) is 0 Å². The van der Waals surface area contributed by atoms with Gasteiger partial charge in [0, 0.05) is 11.4 Å². The van der Waals surface area contributed by atoms with E-state index in [1.54, 1.807) is 13.8 Å². The number of hydrogen-bond donors (Lipinski definition) is 2. The maximum atomic E-state index is 11.8. The van der Waals surface area contributed by atoms with Gasteiger partial charge in [0.25, 0.3) is 0 Å². The average molecular weight is 284 g/mol. The molecule has 106 valence electrons. The number of carbonyl (C=O) groups is 1. The lowest BCUT2D eigenvalue weighted by Gasteiger charge is -2.24. The second-order valence-electron chi connectivity index (χ2n) is 5.73. The standard InChI is InChI=1S/C15H22ClNO2/c1-11(8-12-4-6-13(16)7-5-12)9-14(19)17-15(2,3)10-18/h4-7,11,18H,8-10H2,1-3H3,(H,17,19). The fraction of sp³-hybridized carbons (Fsp3) is 0.533. The molecule has 4 heteroatoms. The molecule has 0 fully saturated rings. The summed E-state index contributed by atoms with van der Waals surface area (Å²) >= 11 is 5.83. The Bertz CT molecular complexity index is 415. The molecule has 2 N–H and O–H groups in total. The van der Waals surface area contributed by atoms with Gasteiger partial charge in [0.2, 0.25) is 5.91 Å². The predicted octanol–water partition coefficient (Wildman–Crippen LogP) is 2.80. The van der Waals surface area contributed by atoms with Crippen LogP contribution in [0.1, 0.15) is 32.8 Å². The van der Waals surface area contributed by atoms with Crippen LogP contribution >= 0.6 is 11.6 Å². The Morgan fingerprint density at radius 3 is 2.47 bits per heavy atom. The number of aliphatic hydroxyl groups is 1. The minimum Gasteiger partial charge on any atom is -0.394 e. The Balaban J connectivity index is 2.44. The van der Waals surface area contributed by atoms with E-state index in [2.05, 4.69) is 5.32 Å². The van der Waals surface area contributed by atoms with Gasteiger partial charge >= 0.3 is 0 Å². The van der Waals surface area contributed by atoms with E-state index in [0.29, 0.717) is 6.42 Å². The highest BCUT2D eigenvalue weighted by atomic mass is 35.5. The van der Waals surface area contributed by atoms with Crippen molar-refractivity contribution in [1.29, 1.82) is 0 Å². The predicted molar refractivity (Wildman–Crippen MR) is 78.2 cm³/mol. The van der Waals surface area contributed by atoms with Gasteiger partial charge in [-0.1, -0.05) is 30.7 Å². The maximum Gasteiger partial charge on any atom is 0.220 e.